The van der Waals surface area contributed by atoms with Gasteiger partial charge in [0.05, 0.1) is 35.2 Å². The Morgan fingerprint density at radius 3 is 1.79 bits per heavy atom. The first kappa shape index (κ1) is 32.7. The van der Waals surface area contributed by atoms with E-state index in [1.165, 1.54) is 64.2 Å². The second-order valence-electron chi connectivity index (χ2n) is 15.0. The fourth-order valence-electron chi connectivity index (χ4n) is 9.19. The van der Waals surface area contributed by atoms with Gasteiger partial charge in [0.1, 0.15) is 5.58 Å². The lowest BCUT2D eigenvalue weighted by atomic mass is 9.96. The van der Waals surface area contributed by atoms with Gasteiger partial charge in [0.25, 0.3) is 0 Å². The van der Waals surface area contributed by atoms with Crippen molar-refractivity contribution in [2.24, 2.45) is 0 Å². The number of thiophene rings is 1. The van der Waals surface area contributed by atoms with E-state index in [0.29, 0.717) is 0 Å². The Labute approximate surface area is 332 Å². The van der Waals surface area contributed by atoms with Crippen LogP contribution in [0.2, 0.25) is 0 Å². The second-order valence-corrected chi connectivity index (χ2v) is 16.0. The van der Waals surface area contributed by atoms with Crippen LogP contribution in [0, 0.1) is 0 Å². The summed E-state index contributed by atoms with van der Waals surface area (Å²) in [5.41, 5.74) is 11.1. The molecule has 57 heavy (non-hydrogen) atoms. The first-order chi connectivity index (χ1) is 28.3. The van der Waals surface area contributed by atoms with Gasteiger partial charge in [-0.15, -0.1) is 11.3 Å². The Morgan fingerprint density at radius 2 is 1.07 bits per heavy atom. The predicted molar refractivity (Wildman–Crippen MR) is 237 cm³/mol. The molecular formula is C51H36N4OS. The van der Waals surface area contributed by atoms with Crippen LogP contribution in [0.3, 0.4) is 0 Å². The molecule has 1 aliphatic heterocycles. The number of furan rings is 1. The minimum absolute atomic E-state index is 0.0437. The summed E-state index contributed by atoms with van der Waals surface area (Å²) >= 11 is 1.86. The highest BCUT2D eigenvalue weighted by Crippen LogP contribution is 2.44. The molecule has 11 aromatic rings. The number of hydrogen-bond donors (Lipinski definition) is 3. The van der Waals surface area contributed by atoms with E-state index in [1.54, 1.807) is 0 Å². The highest BCUT2D eigenvalue weighted by Gasteiger charge is 2.31. The number of hydrogen-bond acceptors (Lipinski definition) is 5. The Bertz CT molecular complexity index is 3210. The summed E-state index contributed by atoms with van der Waals surface area (Å²) in [5.74, 6) is 0. The van der Waals surface area contributed by atoms with Gasteiger partial charge in [-0.2, -0.15) is 0 Å². The van der Waals surface area contributed by atoms with Crippen molar-refractivity contribution in [2.45, 2.75) is 18.5 Å². The fourth-order valence-corrected chi connectivity index (χ4v) is 10.3. The van der Waals surface area contributed by atoms with Crippen molar-refractivity contribution in [3.63, 3.8) is 0 Å². The second kappa shape index (κ2) is 13.0. The molecule has 3 aromatic heterocycles. The third kappa shape index (κ3) is 5.19. The van der Waals surface area contributed by atoms with Gasteiger partial charge in [-0.1, -0.05) is 140 Å². The van der Waals surface area contributed by atoms with Crippen LogP contribution in [0.1, 0.15) is 35.2 Å². The van der Waals surface area contributed by atoms with Crippen molar-refractivity contribution in [3.05, 3.63) is 199 Å². The normalized spacial score (nSPS) is 17.4. The Kier molecular flexibility index (Phi) is 7.46. The van der Waals surface area contributed by atoms with E-state index < -0.39 is 0 Å². The number of aromatic nitrogens is 1. The van der Waals surface area contributed by atoms with Crippen LogP contribution in [0.4, 0.5) is 0 Å². The van der Waals surface area contributed by atoms with Gasteiger partial charge in [0.15, 0.2) is 5.58 Å². The molecule has 1 saturated heterocycles. The minimum atomic E-state index is -0.104. The van der Waals surface area contributed by atoms with Crippen LogP contribution in [0.5, 0.6) is 0 Å². The predicted octanol–water partition coefficient (Wildman–Crippen LogP) is 12.9. The summed E-state index contributed by atoms with van der Waals surface area (Å²) in [7, 11) is 0. The van der Waals surface area contributed by atoms with Gasteiger partial charge in [-0.25, -0.2) is 0 Å². The van der Waals surface area contributed by atoms with Crippen LogP contribution in [0.15, 0.2) is 186 Å². The number of fused-ring (bicyclic) bond motifs is 9. The molecule has 272 valence electrons. The van der Waals surface area contributed by atoms with Crippen molar-refractivity contribution >= 4 is 75.3 Å². The molecule has 4 heterocycles. The SMILES string of the molecule is c1ccc(C2NC(c3ccccc3)NC(c3cccc4sc5ccc(-c6cccc7oc8c(-n9c%10ccccc%10c%10ccccc%109)cccc8c67)cc5c34)N2)cc1. The van der Waals surface area contributed by atoms with Crippen molar-refractivity contribution < 1.29 is 4.42 Å². The maximum atomic E-state index is 6.86. The van der Waals surface area contributed by atoms with Gasteiger partial charge in [0.2, 0.25) is 0 Å². The molecule has 2 unspecified atom stereocenters. The monoisotopic (exact) mass is 752 g/mol. The summed E-state index contributed by atoms with van der Waals surface area (Å²) in [6.45, 7) is 0. The van der Waals surface area contributed by atoms with Crippen molar-refractivity contribution in [3.8, 4) is 16.8 Å². The molecule has 3 N–H and O–H groups in total. The van der Waals surface area contributed by atoms with Crippen LogP contribution < -0.4 is 16.0 Å². The summed E-state index contributed by atoms with van der Waals surface area (Å²) in [4.78, 5) is 0. The van der Waals surface area contributed by atoms with Gasteiger partial charge in [-0.05, 0) is 70.3 Å². The van der Waals surface area contributed by atoms with Gasteiger partial charge in [0, 0.05) is 41.7 Å². The zero-order valence-corrected chi connectivity index (χ0v) is 31.6. The molecule has 0 bridgehead atoms. The molecule has 0 saturated carbocycles. The molecule has 0 amide bonds. The molecule has 0 aliphatic carbocycles. The molecule has 2 atom stereocenters. The minimum Gasteiger partial charge on any atom is -0.454 e. The highest BCUT2D eigenvalue weighted by molar-refractivity contribution is 7.25. The van der Waals surface area contributed by atoms with E-state index in [2.05, 4.69) is 203 Å². The van der Waals surface area contributed by atoms with Gasteiger partial charge >= 0.3 is 0 Å². The average molecular weight is 753 g/mol. The molecule has 1 aliphatic rings. The maximum absolute atomic E-state index is 6.86. The Hall–Kier alpha value is -6.54. The molecule has 5 nitrogen and oxygen atoms in total. The Balaban J connectivity index is 1.02. The first-order valence-corrected chi connectivity index (χ1v) is 20.3. The van der Waals surface area contributed by atoms with Gasteiger partial charge in [-0.3, -0.25) is 16.0 Å². The molecule has 6 heteroatoms. The maximum Gasteiger partial charge on any atom is 0.159 e. The molecule has 12 rings (SSSR count). The smallest absolute Gasteiger partial charge is 0.159 e. The van der Waals surface area contributed by atoms with Crippen LogP contribution >= 0.6 is 11.3 Å². The van der Waals surface area contributed by atoms with E-state index in [-0.39, 0.29) is 18.5 Å². The number of nitrogens with one attached hydrogen (secondary N) is 3. The lowest BCUT2D eigenvalue weighted by molar-refractivity contribution is 0.204. The third-order valence-electron chi connectivity index (χ3n) is 11.7. The number of rotatable bonds is 5. The van der Waals surface area contributed by atoms with E-state index in [9.17, 15) is 0 Å². The van der Waals surface area contributed by atoms with Gasteiger partial charge < -0.3 is 8.98 Å². The molecule has 0 spiro atoms. The number of benzene rings is 8. The lowest BCUT2D eigenvalue weighted by Crippen LogP contribution is -2.54. The standard InChI is InChI=1S/C51H36N4OS/c1-3-14-31(15-4-1)49-52-50(32-16-5-2-6-17-32)54-51(53-49)38-22-13-27-45-47(38)39-30-33(28-29-44(39)57-45)34-20-12-26-43-46(34)37-21-11-25-42(48(37)56-43)55-40-23-9-7-18-35(40)36-19-8-10-24-41(36)55/h1-30,49-54H. The summed E-state index contributed by atoms with van der Waals surface area (Å²) in [6, 6.07) is 65.4. The van der Waals surface area contributed by atoms with E-state index in [4.69, 9.17) is 4.42 Å². The van der Waals surface area contributed by atoms with Crippen molar-refractivity contribution in [1.82, 2.24) is 20.5 Å². The van der Waals surface area contributed by atoms with Crippen LogP contribution in [-0.2, 0) is 0 Å². The summed E-state index contributed by atoms with van der Waals surface area (Å²) in [6.07, 6.45) is -0.192. The van der Waals surface area contributed by atoms with Crippen molar-refractivity contribution in [2.75, 3.05) is 0 Å². The molecular weight excluding hydrogens is 717 g/mol. The third-order valence-corrected chi connectivity index (χ3v) is 12.9. The van der Waals surface area contributed by atoms with Crippen LogP contribution in [-0.4, -0.2) is 4.57 Å². The summed E-state index contributed by atoms with van der Waals surface area (Å²) < 4.78 is 11.8. The topological polar surface area (TPSA) is 54.2 Å². The largest absolute Gasteiger partial charge is 0.454 e. The van der Waals surface area contributed by atoms with Crippen LogP contribution in [0.25, 0.3) is 80.7 Å². The Morgan fingerprint density at radius 1 is 0.456 bits per heavy atom. The highest BCUT2D eigenvalue weighted by atomic mass is 32.1. The average Bonchev–Trinajstić information content (AvgIpc) is 3.96. The lowest BCUT2D eigenvalue weighted by Gasteiger charge is -2.40. The zero-order valence-electron chi connectivity index (χ0n) is 30.8. The zero-order chi connectivity index (χ0) is 37.5. The quantitative estimate of drug-likeness (QED) is 0.164. The molecule has 0 radical (unpaired) electrons. The van der Waals surface area contributed by atoms with Crippen molar-refractivity contribution in [1.29, 1.82) is 0 Å². The van der Waals surface area contributed by atoms with E-state index in [0.717, 1.165) is 33.2 Å². The summed E-state index contributed by atoms with van der Waals surface area (Å²) in [5, 5.41) is 18.9. The van der Waals surface area contributed by atoms with E-state index in [1.807, 2.05) is 11.3 Å². The van der Waals surface area contributed by atoms with E-state index >= 15 is 0 Å². The first-order valence-electron chi connectivity index (χ1n) is 19.5. The fraction of sp³-hybridized carbons (Fsp3) is 0.0588. The molecule has 1 fully saturated rings. The number of para-hydroxylation sites is 3. The molecule has 8 aromatic carbocycles. The number of nitrogens with zero attached hydrogens (tertiary/aromatic N) is 1.